The molecule has 0 fully saturated rings. The molecule has 1 aromatic heterocycles. The molecule has 0 unspecified atom stereocenters. The molecule has 0 bridgehead atoms. The van der Waals surface area contributed by atoms with Crippen LogP contribution in [-0.4, -0.2) is 27.1 Å². The van der Waals surface area contributed by atoms with Crippen LogP contribution in [0.4, 0.5) is 5.69 Å². The minimum absolute atomic E-state index is 0.0512. The number of ether oxygens (including phenoxy) is 1. The van der Waals surface area contributed by atoms with E-state index in [1.807, 2.05) is 6.92 Å². The van der Waals surface area contributed by atoms with Gasteiger partial charge in [-0.3, -0.25) is 8.87 Å². The summed E-state index contributed by atoms with van der Waals surface area (Å²) in [4.78, 5) is 11.8. The lowest BCUT2D eigenvalue weighted by molar-refractivity contribution is 0.415. The fourth-order valence-electron chi connectivity index (χ4n) is 2.60. The minimum Gasteiger partial charge on any atom is -0.497 e. The van der Waals surface area contributed by atoms with Crippen molar-refractivity contribution in [2.45, 2.75) is 18.4 Å². The van der Waals surface area contributed by atoms with E-state index in [4.69, 9.17) is 9.15 Å². The molecule has 0 radical (unpaired) electrons. The molecule has 0 saturated heterocycles. The fraction of sp³-hybridized carbons (Fsp3) is 0.235. The second-order valence-corrected chi connectivity index (χ2v) is 7.38. The molecule has 132 valence electrons. The highest BCUT2D eigenvalue weighted by Crippen LogP contribution is 2.26. The van der Waals surface area contributed by atoms with E-state index in [2.05, 4.69) is 0 Å². The normalized spacial score (nSPS) is 11.6. The topological polar surface area (TPSA) is 81.8 Å². The number of hydrogen-bond donors (Lipinski definition) is 0. The van der Waals surface area contributed by atoms with E-state index in [1.165, 1.54) is 28.1 Å². The molecular weight excluding hydrogens is 344 g/mol. The zero-order valence-corrected chi connectivity index (χ0v) is 14.9. The molecule has 3 aromatic rings. The zero-order valence-electron chi connectivity index (χ0n) is 14.1. The molecule has 0 spiro atoms. The molecule has 8 heteroatoms. The summed E-state index contributed by atoms with van der Waals surface area (Å²) in [5.74, 6) is 0.134. The van der Waals surface area contributed by atoms with Gasteiger partial charge in [0, 0.05) is 19.7 Å². The van der Waals surface area contributed by atoms with E-state index in [-0.39, 0.29) is 10.5 Å². The van der Waals surface area contributed by atoms with Crippen molar-refractivity contribution in [1.82, 2.24) is 4.57 Å². The minimum atomic E-state index is -3.79. The van der Waals surface area contributed by atoms with Crippen LogP contribution in [0.15, 0.2) is 56.6 Å². The predicted octanol–water partition coefficient (Wildman–Crippen LogP) is 2.45. The molecule has 0 aliphatic rings. The van der Waals surface area contributed by atoms with Gasteiger partial charge in [0.15, 0.2) is 5.58 Å². The van der Waals surface area contributed by atoms with Gasteiger partial charge < -0.3 is 9.15 Å². The summed E-state index contributed by atoms with van der Waals surface area (Å²) in [5, 5.41) is 0. The van der Waals surface area contributed by atoms with Gasteiger partial charge in [-0.05, 0) is 43.3 Å². The van der Waals surface area contributed by atoms with Crippen LogP contribution in [-0.2, 0) is 16.6 Å². The van der Waals surface area contributed by atoms with Crippen molar-refractivity contribution in [2.75, 3.05) is 18.5 Å². The number of aromatic nitrogens is 1. The van der Waals surface area contributed by atoms with Crippen molar-refractivity contribution in [3.05, 3.63) is 53.0 Å². The molecule has 1 heterocycles. The smallest absolute Gasteiger partial charge is 0.419 e. The number of hydrogen-bond acceptors (Lipinski definition) is 5. The zero-order chi connectivity index (χ0) is 18.2. The summed E-state index contributed by atoms with van der Waals surface area (Å²) in [7, 11) is -0.783. The summed E-state index contributed by atoms with van der Waals surface area (Å²) in [6, 6.07) is 11.1. The molecule has 0 amide bonds. The van der Waals surface area contributed by atoms with Crippen LogP contribution in [0.1, 0.15) is 6.92 Å². The molecule has 0 aliphatic carbocycles. The highest BCUT2D eigenvalue weighted by Gasteiger charge is 2.23. The molecule has 0 aliphatic heterocycles. The number of oxazole rings is 1. The van der Waals surface area contributed by atoms with Crippen LogP contribution >= 0.6 is 0 Å². The third-order valence-corrected chi connectivity index (χ3v) is 5.83. The predicted molar refractivity (Wildman–Crippen MR) is 94.7 cm³/mol. The fourth-order valence-corrected chi connectivity index (χ4v) is 3.81. The highest BCUT2D eigenvalue weighted by molar-refractivity contribution is 7.92. The Labute approximate surface area is 145 Å². The Kier molecular flexibility index (Phi) is 4.30. The lowest BCUT2D eigenvalue weighted by Crippen LogP contribution is -2.26. The van der Waals surface area contributed by atoms with Crippen LogP contribution in [0, 0.1) is 0 Å². The second-order valence-electron chi connectivity index (χ2n) is 5.41. The number of fused-ring (bicyclic) bond motifs is 1. The largest absolute Gasteiger partial charge is 0.497 e. The number of aryl methyl sites for hydroxylation is 1. The van der Waals surface area contributed by atoms with Crippen LogP contribution in [0.2, 0.25) is 0 Å². The maximum atomic E-state index is 12.9. The van der Waals surface area contributed by atoms with Crippen LogP contribution in [0.5, 0.6) is 5.75 Å². The summed E-state index contributed by atoms with van der Waals surface area (Å²) in [6.45, 7) is 2.27. The van der Waals surface area contributed by atoms with Crippen molar-refractivity contribution in [2.24, 2.45) is 0 Å². The third-order valence-electron chi connectivity index (χ3n) is 4.05. The molecule has 0 N–H and O–H groups in total. The average Bonchev–Trinajstić information content (AvgIpc) is 2.95. The van der Waals surface area contributed by atoms with E-state index in [1.54, 1.807) is 37.4 Å². The van der Waals surface area contributed by atoms with Crippen molar-refractivity contribution >= 4 is 26.8 Å². The molecule has 3 rings (SSSR count). The number of nitrogens with zero attached hydrogens (tertiary/aromatic N) is 2. The maximum absolute atomic E-state index is 12.9. The van der Waals surface area contributed by atoms with Gasteiger partial charge >= 0.3 is 5.76 Å². The van der Waals surface area contributed by atoms with Gasteiger partial charge in [0.25, 0.3) is 10.0 Å². The van der Waals surface area contributed by atoms with E-state index in [0.717, 1.165) is 0 Å². The van der Waals surface area contributed by atoms with E-state index in [0.29, 0.717) is 23.5 Å². The summed E-state index contributed by atoms with van der Waals surface area (Å²) in [5.41, 5.74) is 1.31. The van der Waals surface area contributed by atoms with Gasteiger partial charge in [0.2, 0.25) is 0 Å². The first kappa shape index (κ1) is 17.1. The van der Waals surface area contributed by atoms with E-state index < -0.39 is 15.8 Å². The third kappa shape index (κ3) is 2.89. The molecule has 0 atom stereocenters. The van der Waals surface area contributed by atoms with Gasteiger partial charge in [-0.2, -0.15) is 0 Å². The Morgan fingerprint density at radius 2 is 1.84 bits per heavy atom. The quantitative estimate of drug-likeness (QED) is 0.696. The van der Waals surface area contributed by atoms with Crippen LogP contribution < -0.4 is 14.8 Å². The van der Waals surface area contributed by atoms with Gasteiger partial charge in [0.05, 0.1) is 23.2 Å². The Balaban J connectivity index is 2.03. The number of sulfonamides is 1. The first-order chi connectivity index (χ1) is 11.9. The molecule has 2 aromatic carbocycles. The monoisotopic (exact) mass is 362 g/mol. The molecule has 7 nitrogen and oxygen atoms in total. The van der Waals surface area contributed by atoms with Crippen molar-refractivity contribution in [1.29, 1.82) is 0 Å². The Bertz CT molecular complexity index is 1060. The highest BCUT2D eigenvalue weighted by atomic mass is 32.2. The molecule has 0 saturated carbocycles. The second kappa shape index (κ2) is 6.29. The standard InChI is InChI=1S/C17H18N2O5S/c1-4-19-15-10-9-14(11-16(15)24-17(19)20)25(21,22)18(2)12-5-7-13(23-3)8-6-12/h5-11H,4H2,1-3H3. The first-order valence-electron chi connectivity index (χ1n) is 7.65. The first-order valence-corrected chi connectivity index (χ1v) is 9.09. The van der Waals surface area contributed by atoms with Gasteiger partial charge in [-0.25, -0.2) is 13.2 Å². The van der Waals surface area contributed by atoms with Crippen molar-refractivity contribution in [3.8, 4) is 5.75 Å². The maximum Gasteiger partial charge on any atom is 0.419 e. The number of anilines is 1. The lowest BCUT2D eigenvalue weighted by atomic mass is 10.3. The number of rotatable bonds is 5. The van der Waals surface area contributed by atoms with Crippen molar-refractivity contribution < 1.29 is 17.6 Å². The number of benzene rings is 2. The summed E-state index contributed by atoms with van der Waals surface area (Å²) < 4.78 is 38.6. The van der Waals surface area contributed by atoms with E-state index in [9.17, 15) is 13.2 Å². The summed E-state index contributed by atoms with van der Waals surface area (Å²) in [6.07, 6.45) is 0. The van der Waals surface area contributed by atoms with Crippen molar-refractivity contribution in [3.63, 3.8) is 0 Å². The summed E-state index contributed by atoms with van der Waals surface area (Å²) >= 11 is 0. The Morgan fingerprint density at radius 3 is 2.44 bits per heavy atom. The number of methoxy groups -OCH3 is 1. The lowest BCUT2D eigenvalue weighted by Gasteiger charge is -2.19. The SMILES string of the molecule is CCn1c(=O)oc2cc(S(=O)(=O)N(C)c3ccc(OC)cc3)ccc21. The Morgan fingerprint density at radius 1 is 1.16 bits per heavy atom. The average molecular weight is 362 g/mol. The molecule has 25 heavy (non-hydrogen) atoms. The van der Waals surface area contributed by atoms with E-state index >= 15 is 0 Å². The van der Waals surface area contributed by atoms with Crippen LogP contribution in [0.25, 0.3) is 11.1 Å². The Hall–Kier alpha value is -2.74. The van der Waals surface area contributed by atoms with Gasteiger partial charge in [-0.15, -0.1) is 0 Å². The molecular formula is C17H18N2O5S. The van der Waals surface area contributed by atoms with Gasteiger partial charge in [-0.1, -0.05) is 0 Å². The van der Waals surface area contributed by atoms with Crippen LogP contribution in [0.3, 0.4) is 0 Å². The van der Waals surface area contributed by atoms with Gasteiger partial charge in [0.1, 0.15) is 5.75 Å².